The molecule has 0 saturated carbocycles. The van der Waals surface area contributed by atoms with E-state index in [4.69, 9.17) is 5.73 Å². The van der Waals surface area contributed by atoms with Gasteiger partial charge in [0.2, 0.25) is 0 Å². The van der Waals surface area contributed by atoms with E-state index in [-0.39, 0.29) is 0 Å². The van der Waals surface area contributed by atoms with Gasteiger partial charge in [-0.1, -0.05) is 0 Å². The average Bonchev–Trinajstić information content (AvgIpc) is 2.76. The van der Waals surface area contributed by atoms with Gasteiger partial charge in [-0.2, -0.15) is 0 Å². The van der Waals surface area contributed by atoms with Crippen LogP contribution in [-0.4, -0.2) is 24.1 Å². The molecule has 3 rings (SSSR count). The van der Waals surface area contributed by atoms with Crippen LogP contribution < -0.4 is 10.6 Å². The van der Waals surface area contributed by atoms with Crippen molar-refractivity contribution in [3.05, 3.63) is 23.7 Å². The third-order valence-corrected chi connectivity index (χ3v) is 3.96. The Bertz CT molecular complexity index is 494. The van der Waals surface area contributed by atoms with Crippen LogP contribution in [0.3, 0.4) is 0 Å². The van der Waals surface area contributed by atoms with Gasteiger partial charge in [-0.25, -0.2) is 4.98 Å². The number of thiophene rings is 1. The van der Waals surface area contributed by atoms with Crippen molar-refractivity contribution in [3.63, 3.8) is 0 Å². The summed E-state index contributed by atoms with van der Waals surface area (Å²) in [6, 6.07) is 4.57. The van der Waals surface area contributed by atoms with E-state index < -0.39 is 0 Å². The maximum Gasteiger partial charge on any atom is 0.125 e. The van der Waals surface area contributed by atoms with Gasteiger partial charge < -0.3 is 10.6 Å². The van der Waals surface area contributed by atoms with Crippen LogP contribution in [0.15, 0.2) is 23.7 Å². The van der Waals surface area contributed by atoms with Gasteiger partial charge in [0.05, 0.1) is 0 Å². The Hall–Kier alpha value is -1.13. The standard InChI is InChI=1S/C12H15N3S/c13-9-2-1-6-15(8-9)11-3-5-14-12-10(11)4-7-16-12/h3-5,7,9H,1-2,6,8,13H2/t9-/m0/s1. The van der Waals surface area contributed by atoms with Crippen LogP contribution in [0.25, 0.3) is 10.2 Å². The van der Waals surface area contributed by atoms with Gasteiger partial charge in [0.15, 0.2) is 0 Å². The summed E-state index contributed by atoms with van der Waals surface area (Å²) in [6.45, 7) is 2.08. The molecule has 0 amide bonds. The maximum absolute atomic E-state index is 6.03. The molecule has 0 aliphatic carbocycles. The summed E-state index contributed by atoms with van der Waals surface area (Å²) in [4.78, 5) is 7.89. The van der Waals surface area contributed by atoms with E-state index in [1.807, 2.05) is 6.20 Å². The Labute approximate surface area is 98.9 Å². The number of hydrogen-bond acceptors (Lipinski definition) is 4. The van der Waals surface area contributed by atoms with Gasteiger partial charge in [0.1, 0.15) is 4.83 Å². The number of anilines is 1. The van der Waals surface area contributed by atoms with E-state index in [1.165, 1.54) is 17.5 Å². The molecule has 2 aromatic heterocycles. The number of pyridine rings is 1. The first-order valence-electron chi connectivity index (χ1n) is 5.67. The van der Waals surface area contributed by atoms with Crippen LogP contribution in [0.1, 0.15) is 12.8 Å². The first kappa shape index (κ1) is 10.1. The molecule has 0 spiro atoms. The minimum atomic E-state index is 0.315. The van der Waals surface area contributed by atoms with Crippen LogP contribution in [0.4, 0.5) is 5.69 Å². The second-order valence-corrected chi connectivity index (χ2v) is 5.21. The normalized spacial score (nSPS) is 21.6. The quantitative estimate of drug-likeness (QED) is 0.821. The zero-order valence-electron chi connectivity index (χ0n) is 9.10. The van der Waals surface area contributed by atoms with E-state index in [1.54, 1.807) is 11.3 Å². The fourth-order valence-corrected chi connectivity index (χ4v) is 3.12. The lowest BCUT2D eigenvalue weighted by Gasteiger charge is -2.32. The summed E-state index contributed by atoms with van der Waals surface area (Å²) in [7, 11) is 0. The zero-order valence-corrected chi connectivity index (χ0v) is 9.91. The minimum absolute atomic E-state index is 0.315. The number of nitrogens with zero attached hydrogens (tertiary/aromatic N) is 2. The van der Waals surface area contributed by atoms with Crippen molar-refractivity contribution in [1.82, 2.24) is 4.98 Å². The summed E-state index contributed by atoms with van der Waals surface area (Å²) in [5, 5.41) is 3.37. The molecule has 0 aromatic carbocycles. The van der Waals surface area contributed by atoms with Gasteiger partial charge in [0.25, 0.3) is 0 Å². The fraction of sp³-hybridized carbons (Fsp3) is 0.417. The van der Waals surface area contributed by atoms with Crippen LogP contribution in [-0.2, 0) is 0 Å². The van der Waals surface area contributed by atoms with Crippen molar-refractivity contribution in [2.45, 2.75) is 18.9 Å². The van der Waals surface area contributed by atoms with E-state index in [9.17, 15) is 0 Å². The molecule has 2 aromatic rings. The van der Waals surface area contributed by atoms with Gasteiger partial charge in [0, 0.05) is 36.4 Å². The molecule has 1 fully saturated rings. The molecule has 1 atom stereocenters. The zero-order chi connectivity index (χ0) is 11.0. The monoisotopic (exact) mass is 233 g/mol. The molecule has 1 aliphatic rings. The third kappa shape index (κ3) is 1.68. The molecule has 84 valence electrons. The van der Waals surface area contributed by atoms with Crippen molar-refractivity contribution in [2.24, 2.45) is 5.73 Å². The highest BCUT2D eigenvalue weighted by Gasteiger charge is 2.18. The highest BCUT2D eigenvalue weighted by molar-refractivity contribution is 7.16. The van der Waals surface area contributed by atoms with E-state index in [0.29, 0.717) is 6.04 Å². The fourth-order valence-electron chi connectivity index (χ4n) is 2.37. The Balaban J connectivity index is 2.01. The lowest BCUT2D eigenvalue weighted by atomic mass is 10.1. The molecule has 16 heavy (non-hydrogen) atoms. The van der Waals surface area contributed by atoms with Crippen molar-refractivity contribution in [3.8, 4) is 0 Å². The topological polar surface area (TPSA) is 42.1 Å². The summed E-state index contributed by atoms with van der Waals surface area (Å²) >= 11 is 1.70. The molecule has 0 unspecified atom stereocenters. The van der Waals surface area contributed by atoms with Crippen molar-refractivity contribution >= 4 is 27.2 Å². The third-order valence-electron chi connectivity index (χ3n) is 3.14. The van der Waals surface area contributed by atoms with Crippen LogP contribution in [0.5, 0.6) is 0 Å². The molecular formula is C12H15N3S. The number of rotatable bonds is 1. The molecule has 4 heteroatoms. The number of hydrogen-bond donors (Lipinski definition) is 1. The van der Waals surface area contributed by atoms with E-state index in [0.717, 1.165) is 24.3 Å². The summed E-state index contributed by atoms with van der Waals surface area (Å²) in [6.07, 6.45) is 4.23. The molecule has 0 radical (unpaired) electrons. The molecule has 3 nitrogen and oxygen atoms in total. The molecule has 0 bridgehead atoms. The number of fused-ring (bicyclic) bond motifs is 1. The SMILES string of the molecule is N[C@H]1CCCN(c2ccnc3sccc23)C1. The Morgan fingerprint density at radius 1 is 1.44 bits per heavy atom. The highest BCUT2D eigenvalue weighted by atomic mass is 32.1. The lowest BCUT2D eigenvalue weighted by Crippen LogP contribution is -2.42. The predicted octanol–water partition coefficient (Wildman–Crippen LogP) is 2.22. The Morgan fingerprint density at radius 2 is 2.38 bits per heavy atom. The largest absolute Gasteiger partial charge is 0.369 e. The molecule has 1 aliphatic heterocycles. The Kier molecular flexibility index (Phi) is 2.53. The first-order valence-corrected chi connectivity index (χ1v) is 6.55. The first-order chi connectivity index (χ1) is 7.84. The van der Waals surface area contributed by atoms with Gasteiger partial charge in [-0.3, -0.25) is 0 Å². The summed E-state index contributed by atoms with van der Waals surface area (Å²) in [5.74, 6) is 0. The molecule has 3 heterocycles. The number of nitrogens with two attached hydrogens (primary N) is 1. The van der Waals surface area contributed by atoms with E-state index in [2.05, 4.69) is 27.4 Å². The Morgan fingerprint density at radius 3 is 3.25 bits per heavy atom. The lowest BCUT2D eigenvalue weighted by molar-refractivity contribution is 0.507. The van der Waals surface area contributed by atoms with Crippen LogP contribution in [0, 0.1) is 0 Å². The maximum atomic E-state index is 6.03. The summed E-state index contributed by atoms with van der Waals surface area (Å²) in [5.41, 5.74) is 7.32. The van der Waals surface area contributed by atoms with Crippen LogP contribution in [0.2, 0.25) is 0 Å². The second-order valence-electron chi connectivity index (χ2n) is 4.32. The molecule has 2 N–H and O–H groups in total. The average molecular weight is 233 g/mol. The number of aromatic nitrogens is 1. The highest BCUT2D eigenvalue weighted by Crippen LogP contribution is 2.30. The van der Waals surface area contributed by atoms with Gasteiger partial charge in [-0.05, 0) is 30.4 Å². The van der Waals surface area contributed by atoms with Gasteiger partial charge in [-0.15, -0.1) is 11.3 Å². The summed E-state index contributed by atoms with van der Waals surface area (Å²) < 4.78 is 0. The predicted molar refractivity (Wildman–Crippen MR) is 69.0 cm³/mol. The van der Waals surface area contributed by atoms with Crippen molar-refractivity contribution in [2.75, 3.05) is 18.0 Å². The van der Waals surface area contributed by atoms with E-state index >= 15 is 0 Å². The van der Waals surface area contributed by atoms with Crippen molar-refractivity contribution < 1.29 is 0 Å². The second kappa shape index (κ2) is 4.03. The molecular weight excluding hydrogens is 218 g/mol. The van der Waals surface area contributed by atoms with Crippen LogP contribution >= 0.6 is 11.3 Å². The van der Waals surface area contributed by atoms with Crippen molar-refractivity contribution in [1.29, 1.82) is 0 Å². The smallest absolute Gasteiger partial charge is 0.125 e. The van der Waals surface area contributed by atoms with Gasteiger partial charge >= 0.3 is 0 Å². The minimum Gasteiger partial charge on any atom is -0.369 e. The molecule has 1 saturated heterocycles. The number of piperidine rings is 1.